The Morgan fingerprint density at radius 1 is 1.35 bits per heavy atom. The molecule has 0 aliphatic carbocycles. The molecule has 0 saturated heterocycles. The van der Waals surface area contributed by atoms with E-state index in [1.54, 1.807) is 6.92 Å². The van der Waals surface area contributed by atoms with Crippen molar-refractivity contribution in [2.24, 2.45) is 0 Å². The molecular formula is C10H13O6P. The summed E-state index contributed by atoms with van der Waals surface area (Å²) in [5, 5.41) is 0. The molecule has 0 saturated carbocycles. The van der Waals surface area contributed by atoms with Crippen LogP contribution in [0.4, 0.5) is 0 Å². The van der Waals surface area contributed by atoms with Gasteiger partial charge in [0.25, 0.3) is 0 Å². The second-order valence-corrected chi connectivity index (χ2v) is 4.49. The van der Waals surface area contributed by atoms with Crippen LogP contribution >= 0.6 is 7.82 Å². The molecular weight excluding hydrogens is 247 g/mol. The minimum absolute atomic E-state index is 0.0984. The molecule has 0 heterocycles. The molecule has 0 aliphatic rings. The number of phosphoric ester groups is 1. The standard InChI is InChI=1S/C10H13O6P/c1-2-7-14-17(12,13)16-15-10-5-3-9(8-11)4-6-10/h3-6,8H,2,7H2,1H3,(H,12,13). The quantitative estimate of drug-likeness (QED) is 0.350. The van der Waals surface area contributed by atoms with Crippen LogP contribution in [0.15, 0.2) is 24.3 Å². The van der Waals surface area contributed by atoms with E-state index in [0.29, 0.717) is 18.3 Å². The molecule has 0 radical (unpaired) electrons. The van der Waals surface area contributed by atoms with Crippen molar-refractivity contribution in [3.63, 3.8) is 0 Å². The first-order valence-electron chi connectivity index (χ1n) is 4.96. The van der Waals surface area contributed by atoms with Crippen LogP contribution in [0.1, 0.15) is 23.7 Å². The average Bonchev–Trinajstić information content (AvgIpc) is 2.35. The first kappa shape index (κ1) is 13.9. The van der Waals surface area contributed by atoms with Crippen LogP contribution in [0.5, 0.6) is 5.75 Å². The van der Waals surface area contributed by atoms with Crippen molar-refractivity contribution in [2.45, 2.75) is 13.3 Å². The van der Waals surface area contributed by atoms with Crippen molar-refractivity contribution in [2.75, 3.05) is 6.61 Å². The van der Waals surface area contributed by atoms with Gasteiger partial charge in [0.2, 0.25) is 0 Å². The predicted octanol–water partition coefficient (Wildman–Crippen LogP) is 2.34. The highest BCUT2D eigenvalue weighted by Gasteiger charge is 2.22. The monoisotopic (exact) mass is 260 g/mol. The normalized spacial score (nSPS) is 14.0. The number of carbonyl (C=O) groups is 1. The van der Waals surface area contributed by atoms with E-state index in [4.69, 9.17) is 4.89 Å². The Labute approximate surface area is 98.7 Å². The Morgan fingerprint density at radius 2 is 2.00 bits per heavy atom. The summed E-state index contributed by atoms with van der Waals surface area (Å²) in [6.07, 6.45) is 1.26. The maximum Gasteiger partial charge on any atom is 0.508 e. The molecule has 0 spiro atoms. The molecule has 6 nitrogen and oxygen atoms in total. The minimum atomic E-state index is -4.19. The Hall–Kier alpha value is -1.20. The van der Waals surface area contributed by atoms with Gasteiger partial charge in [0.05, 0.1) is 6.61 Å². The lowest BCUT2D eigenvalue weighted by molar-refractivity contribution is -0.127. The van der Waals surface area contributed by atoms with Gasteiger partial charge in [-0.1, -0.05) is 11.6 Å². The molecule has 0 aliphatic heterocycles. The van der Waals surface area contributed by atoms with Gasteiger partial charge >= 0.3 is 7.82 Å². The van der Waals surface area contributed by atoms with Crippen LogP contribution < -0.4 is 4.89 Å². The van der Waals surface area contributed by atoms with Crippen LogP contribution in [0.2, 0.25) is 0 Å². The highest BCUT2D eigenvalue weighted by atomic mass is 31.2. The molecule has 7 heteroatoms. The maximum absolute atomic E-state index is 11.2. The zero-order chi connectivity index (χ0) is 12.7. The fourth-order valence-electron chi connectivity index (χ4n) is 0.920. The summed E-state index contributed by atoms with van der Waals surface area (Å²) in [7, 11) is -4.19. The van der Waals surface area contributed by atoms with Gasteiger partial charge in [-0.2, -0.15) is 0 Å². The van der Waals surface area contributed by atoms with Crippen LogP contribution in [0, 0.1) is 0 Å². The fraction of sp³-hybridized carbons (Fsp3) is 0.300. The third-order valence-electron chi connectivity index (χ3n) is 1.70. The van der Waals surface area contributed by atoms with Gasteiger partial charge in [-0.25, -0.2) is 4.57 Å². The van der Waals surface area contributed by atoms with E-state index in [0.717, 1.165) is 0 Å². The predicted molar refractivity (Wildman–Crippen MR) is 59.6 cm³/mol. The van der Waals surface area contributed by atoms with Gasteiger partial charge in [0.15, 0.2) is 5.75 Å². The number of aldehydes is 1. The molecule has 0 amide bonds. The van der Waals surface area contributed by atoms with Crippen molar-refractivity contribution >= 4 is 14.1 Å². The highest BCUT2D eigenvalue weighted by Crippen LogP contribution is 2.43. The zero-order valence-electron chi connectivity index (χ0n) is 9.24. The van der Waals surface area contributed by atoms with E-state index in [9.17, 15) is 9.36 Å². The van der Waals surface area contributed by atoms with E-state index in [-0.39, 0.29) is 12.4 Å². The summed E-state index contributed by atoms with van der Waals surface area (Å²) < 4.78 is 20.0. The van der Waals surface area contributed by atoms with Crippen molar-refractivity contribution in [1.29, 1.82) is 0 Å². The molecule has 1 aromatic rings. The fourth-order valence-corrected chi connectivity index (χ4v) is 1.56. The van der Waals surface area contributed by atoms with Crippen molar-refractivity contribution in [3.8, 4) is 5.75 Å². The number of benzene rings is 1. The molecule has 0 fully saturated rings. The minimum Gasteiger partial charge on any atom is -0.327 e. The lowest BCUT2D eigenvalue weighted by Crippen LogP contribution is -1.99. The Kier molecular flexibility index (Phi) is 5.31. The van der Waals surface area contributed by atoms with Gasteiger partial charge < -0.3 is 9.78 Å². The largest absolute Gasteiger partial charge is 0.508 e. The molecule has 0 bridgehead atoms. The summed E-state index contributed by atoms with van der Waals surface area (Å²) in [4.78, 5) is 24.1. The smallest absolute Gasteiger partial charge is 0.327 e. The number of rotatable bonds is 7. The van der Waals surface area contributed by atoms with Crippen LogP contribution in [-0.4, -0.2) is 17.8 Å². The molecule has 1 rings (SSSR count). The van der Waals surface area contributed by atoms with Gasteiger partial charge in [-0.3, -0.25) is 9.32 Å². The number of hydrogen-bond acceptors (Lipinski definition) is 5. The topological polar surface area (TPSA) is 82.1 Å². The second kappa shape index (κ2) is 6.51. The van der Waals surface area contributed by atoms with E-state index in [1.807, 2.05) is 0 Å². The van der Waals surface area contributed by atoms with Crippen molar-refractivity contribution in [3.05, 3.63) is 29.8 Å². The summed E-state index contributed by atoms with van der Waals surface area (Å²) >= 11 is 0. The number of phosphoric acid groups is 1. The molecule has 17 heavy (non-hydrogen) atoms. The highest BCUT2D eigenvalue weighted by molar-refractivity contribution is 7.47. The molecule has 94 valence electrons. The first-order valence-corrected chi connectivity index (χ1v) is 6.46. The molecule has 1 aromatic carbocycles. The van der Waals surface area contributed by atoms with Gasteiger partial charge in [-0.05, 0) is 30.7 Å². The third-order valence-corrected chi connectivity index (χ3v) is 2.47. The van der Waals surface area contributed by atoms with E-state index < -0.39 is 7.82 Å². The first-order chi connectivity index (χ1) is 8.07. The van der Waals surface area contributed by atoms with Crippen LogP contribution in [-0.2, 0) is 13.8 Å². The molecule has 1 atom stereocenters. The summed E-state index contributed by atoms with van der Waals surface area (Å²) in [6.45, 7) is 1.89. The Morgan fingerprint density at radius 3 is 2.53 bits per heavy atom. The summed E-state index contributed by atoms with van der Waals surface area (Å²) in [5.41, 5.74) is 0.465. The Bertz CT molecular complexity index is 402. The maximum atomic E-state index is 11.2. The van der Waals surface area contributed by atoms with Crippen LogP contribution in [0.25, 0.3) is 0 Å². The Balaban J connectivity index is 2.48. The van der Waals surface area contributed by atoms with E-state index in [2.05, 4.69) is 14.1 Å². The van der Waals surface area contributed by atoms with Crippen molar-refractivity contribution < 1.29 is 28.3 Å². The van der Waals surface area contributed by atoms with Gasteiger partial charge in [-0.15, -0.1) is 0 Å². The zero-order valence-corrected chi connectivity index (χ0v) is 10.1. The molecule has 1 N–H and O–H groups in total. The second-order valence-electron chi connectivity index (χ2n) is 3.15. The number of hydrogen-bond donors (Lipinski definition) is 1. The lowest BCUT2D eigenvalue weighted by Gasteiger charge is -2.10. The molecule has 1 unspecified atom stereocenters. The van der Waals surface area contributed by atoms with E-state index >= 15 is 0 Å². The SMILES string of the molecule is CCCOP(=O)(O)OOc1ccc(C=O)cc1. The van der Waals surface area contributed by atoms with Gasteiger partial charge in [0.1, 0.15) is 6.29 Å². The number of carbonyl (C=O) groups excluding carboxylic acids is 1. The van der Waals surface area contributed by atoms with Crippen molar-refractivity contribution in [1.82, 2.24) is 0 Å². The summed E-state index contributed by atoms with van der Waals surface area (Å²) in [6, 6.07) is 5.84. The van der Waals surface area contributed by atoms with E-state index in [1.165, 1.54) is 24.3 Å². The average molecular weight is 260 g/mol. The summed E-state index contributed by atoms with van der Waals surface area (Å²) in [5.74, 6) is 0.199. The van der Waals surface area contributed by atoms with Gasteiger partial charge in [0, 0.05) is 5.56 Å². The molecule has 0 aromatic heterocycles. The third kappa shape index (κ3) is 5.10. The lowest BCUT2D eigenvalue weighted by atomic mass is 10.2. The van der Waals surface area contributed by atoms with Crippen LogP contribution in [0.3, 0.4) is 0 Å².